The van der Waals surface area contributed by atoms with Crippen molar-refractivity contribution in [2.45, 2.75) is 13.8 Å². The molecule has 42 heavy (non-hydrogen) atoms. The van der Waals surface area contributed by atoms with Gasteiger partial charge in [-0.2, -0.15) is 0 Å². The van der Waals surface area contributed by atoms with Crippen LogP contribution >= 0.6 is 0 Å². The molecule has 6 aromatic rings. The zero-order chi connectivity index (χ0) is 28.7. The predicted octanol–water partition coefficient (Wildman–Crippen LogP) is 11.6. The van der Waals surface area contributed by atoms with E-state index < -0.39 is 0 Å². The topological polar surface area (TPSA) is 0 Å². The maximum absolute atomic E-state index is 2.26. The maximum atomic E-state index is 2.26. The minimum absolute atomic E-state index is 1.21. The predicted molar refractivity (Wildman–Crippen MR) is 182 cm³/mol. The van der Waals surface area contributed by atoms with E-state index in [1.807, 2.05) is 0 Å². The highest BCUT2D eigenvalue weighted by atomic mass is 14.2. The molecule has 0 saturated carbocycles. The number of hydrogen-bond acceptors (Lipinski definition) is 0. The molecular weight excluding hydrogens is 504 g/mol. The largest absolute Gasteiger partial charge is 0.0622 e. The van der Waals surface area contributed by atoms with Gasteiger partial charge in [-0.3, -0.25) is 0 Å². The summed E-state index contributed by atoms with van der Waals surface area (Å²) in [5.74, 6) is 0. The molecule has 6 aromatic carbocycles. The van der Waals surface area contributed by atoms with Crippen LogP contribution in [0.25, 0.3) is 44.5 Å². The Morgan fingerprint density at radius 1 is 0.262 bits per heavy atom. The van der Waals surface area contributed by atoms with Crippen molar-refractivity contribution in [3.05, 3.63) is 192 Å². The van der Waals surface area contributed by atoms with E-state index in [2.05, 4.69) is 184 Å². The van der Waals surface area contributed by atoms with E-state index >= 15 is 0 Å². The highest BCUT2D eigenvalue weighted by molar-refractivity contribution is 6.21. The van der Waals surface area contributed by atoms with Crippen LogP contribution in [0.5, 0.6) is 0 Å². The second kappa shape index (κ2) is 12.5. The fourth-order valence-corrected chi connectivity index (χ4v) is 5.68. The van der Waals surface area contributed by atoms with E-state index in [1.165, 1.54) is 66.8 Å². The summed E-state index contributed by atoms with van der Waals surface area (Å²) in [7, 11) is 0. The lowest BCUT2D eigenvalue weighted by Crippen LogP contribution is -1.98. The summed E-state index contributed by atoms with van der Waals surface area (Å²) in [6.45, 7) is 4.52. The van der Waals surface area contributed by atoms with Gasteiger partial charge >= 0.3 is 0 Å². The Morgan fingerprint density at radius 2 is 0.524 bits per heavy atom. The lowest BCUT2D eigenvalue weighted by Gasteiger charge is -2.21. The standard InChI is InChI=1S/C42H34/c1-31(33-23-27-37(28-24-33)35-15-7-3-8-16-35)41(39-19-11-5-12-20-39)42(40-21-13-6-14-22-40)32(2)34-25-29-38(30-26-34)36-17-9-4-10-18-36/h3-30H,1-2H3/b41-31+,42-32+. The highest BCUT2D eigenvalue weighted by Gasteiger charge is 2.18. The highest BCUT2D eigenvalue weighted by Crippen LogP contribution is 2.42. The molecule has 0 atom stereocenters. The number of allylic oxidation sites excluding steroid dienone is 4. The van der Waals surface area contributed by atoms with Gasteiger partial charge in [0.05, 0.1) is 0 Å². The number of hydrogen-bond donors (Lipinski definition) is 0. The molecule has 0 heteroatoms. The van der Waals surface area contributed by atoms with Gasteiger partial charge in [0.15, 0.2) is 0 Å². The van der Waals surface area contributed by atoms with E-state index in [0.29, 0.717) is 0 Å². The molecule has 0 aliphatic rings. The maximum Gasteiger partial charge on any atom is -0.00673 e. The summed E-state index contributed by atoms with van der Waals surface area (Å²) < 4.78 is 0. The van der Waals surface area contributed by atoms with Crippen LogP contribution in [0, 0.1) is 0 Å². The van der Waals surface area contributed by atoms with E-state index in [0.717, 1.165) is 0 Å². The molecule has 0 aromatic heterocycles. The molecule has 0 N–H and O–H groups in total. The van der Waals surface area contributed by atoms with Crippen LogP contribution in [-0.2, 0) is 0 Å². The van der Waals surface area contributed by atoms with Crippen LogP contribution in [0.3, 0.4) is 0 Å². The van der Waals surface area contributed by atoms with Crippen LogP contribution in [0.4, 0.5) is 0 Å². The normalized spacial score (nSPS) is 12.3. The van der Waals surface area contributed by atoms with Gasteiger partial charge in [0.2, 0.25) is 0 Å². The molecule has 0 heterocycles. The van der Waals surface area contributed by atoms with Gasteiger partial charge in [-0.25, -0.2) is 0 Å². The van der Waals surface area contributed by atoms with Crippen LogP contribution in [0.2, 0.25) is 0 Å². The van der Waals surface area contributed by atoms with Gasteiger partial charge in [0.1, 0.15) is 0 Å². The molecule has 0 aliphatic carbocycles. The van der Waals surface area contributed by atoms with Crippen molar-refractivity contribution in [1.29, 1.82) is 0 Å². The minimum atomic E-state index is 1.21. The van der Waals surface area contributed by atoms with Gasteiger partial charge in [-0.1, -0.05) is 170 Å². The first kappa shape index (κ1) is 27.0. The molecule has 0 unspecified atom stereocenters. The van der Waals surface area contributed by atoms with Crippen molar-refractivity contribution in [2.75, 3.05) is 0 Å². The molecule has 0 nitrogen and oxygen atoms in total. The minimum Gasteiger partial charge on any atom is -0.0622 e. The lowest BCUT2D eigenvalue weighted by atomic mass is 9.82. The average Bonchev–Trinajstić information content (AvgIpc) is 3.08. The van der Waals surface area contributed by atoms with Crippen LogP contribution < -0.4 is 0 Å². The molecular formula is C42H34. The summed E-state index contributed by atoms with van der Waals surface area (Å²) in [6, 6.07) is 60.7. The Kier molecular flexibility index (Phi) is 8.06. The Hall–Kier alpha value is -5.20. The molecule has 202 valence electrons. The van der Waals surface area contributed by atoms with Crippen LogP contribution in [-0.4, -0.2) is 0 Å². The van der Waals surface area contributed by atoms with E-state index in [9.17, 15) is 0 Å². The van der Waals surface area contributed by atoms with Gasteiger partial charge in [0, 0.05) is 0 Å². The molecule has 0 aliphatic heterocycles. The van der Waals surface area contributed by atoms with Crippen molar-refractivity contribution >= 4 is 22.3 Å². The van der Waals surface area contributed by atoms with E-state index in [1.54, 1.807) is 0 Å². The third kappa shape index (κ3) is 5.80. The summed E-state index contributed by atoms with van der Waals surface area (Å²) in [5.41, 5.74) is 14.8. The molecule has 0 fully saturated rings. The Labute approximate surface area is 250 Å². The quantitative estimate of drug-likeness (QED) is 0.140. The third-order valence-corrected chi connectivity index (χ3v) is 7.97. The van der Waals surface area contributed by atoms with Gasteiger partial charge in [-0.15, -0.1) is 0 Å². The van der Waals surface area contributed by atoms with Crippen LogP contribution in [0.1, 0.15) is 36.1 Å². The van der Waals surface area contributed by atoms with Crippen LogP contribution in [0.15, 0.2) is 170 Å². The first-order chi connectivity index (χ1) is 20.7. The van der Waals surface area contributed by atoms with Crippen molar-refractivity contribution in [3.63, 3.8) is 0 Å². The smallest absolute Gasteiger partial charge is 0.00673 e. The molecule has 0 saturated heterocycles. The number of rotatable bonds is 7. The van der Waals surface area contributed by atoms with E-state index in [4.69, 9.17) is 0 Å². The Bertz CT molecular complexity index is 1670. The summed E-state index contributed by atoms with van der Waals surface area (Å²) >= 11 is 0. The lowest BCUT2D eigenvalue weighted by molar-refractivity contribution is 1.51. The van der Waals surface area contributed by atoms with Crippen molar-refractivity contribution < 1.29 is 0 Å². The fraction of sp³-hybridized carbons (Fsp3) is 0.0476. The first-order valence-electron chi connectivity index (χ1n) is 14.5. The Balaban J connectivity index is 1.53. The monoisotopic (exact) mass is 538 g/mol. The summed E-state index contributed by atoms with van der Waals surface area (Å²) in [5, 5.41) is 0. The second-order valence-corrected chi connectivity index (χ2v) is 10.6. The second-order valence-electron chi connectivity index (χ2n) is 10.6. The first-order valence-corrected chi connectivity index (χ1v) is 14.5. The Morgan fingerprint density at radius 3 is 0.833 bits per heavy atom. The third-order valence-electron chi connectivity index (χ3n) is 7.97. The molecule has 0 radical (unpaired) electrons. The van der Waals surface area contributed by atoms with Gasteiger partial charge in [0.25, 0.3) is 0 Å². The van der Waals surface area contributed by atoms with Gasteiger partial charge in [-0.05, 0) is 80.6 Å². The molecule has 0 spiro atoms. The molecule has 0 bridgehead atoms. The average molecular weight is 539 g/mol. The van der Waals surface area contributed by atoms with E-state index in [-0.39, 0.29) is 0 Å². The SMILES string of the molecule is C/C(=C(\C(=C(/C)c1ccc(-c2ccccc2)cc1)c1ccccc1)c1ccccc1)c1ccc(-c2ccccc2)cc1. The van der Waals surface area contributed by atoms with Crippen molar-refractivity contribution in [3.8, 4) is 22.3 Å². The molecule has 0 amide bonds. The zero-order valence-electron chi connectivity index (χ0n) is 24.2. The molecule has 6 rings (SSSR count). The van der Waals surface area contributed by atoms with Crippen molar-refractivity contribution in [2.24, 2.45) is 0 Å². The fourth-order valence-electron chi connectivity index (χ4n) is 5.68. The number of benzene rings is 6. The van der Waals surface area contributed by atoms with Crippen molar-refractivity contribution in [1.82, 2.24) is 0 Å². The summed E-state index contributed by atoms with van der Waals surface area (Å²) in [6.07, 6.45) is 0. The summed E-state index contributed by atoms with van der Waals surface area (Å²) in [4.78, 5) is 0. The zero-order valence-corrected chi connectivity index (χ0v) is 24.2. The van der Waals surface area contributed by atoms with Gasteiger partial charge < -0.3 is 0 Å².